The number of guanidine groups is 1. The van der Waals surface area contributed by atoms with Crippen LogP contribution in [0.1, 0.15) is 26.2 Å². The summed E-state index contributed by atoms with van der Waals surface area (Å²) < 4.78 is 0. The van der Waals surface area contributed by atoms with Crippen LogP contribution in [0.2, 0.25) is 0 Å². The molecule has 0 saturated heterocycles. The van der Waals surface area contributed by atoms with Crippen LogP contribution in [-0.2, 0) is 0 Å². The quantitative estimate of drug-likeness (QED) is 0.558. The van der Waals surface area contributed by atoms with E-state index in [9.17, 15) is 5.11 Å². The van der Waals surface area contributed by atoms with Gasteiger partial charge in [-0.3, -0.25) is 4.99 Å². The van der Waals surface area contributed by atoms with Crippen LogP contribution in [0.15, 0.2) is 4.99 Å². The van der Waals surface area contributed by atoms with Crippen molar-refractivity contribution < 1.29 is 5.11 Å². The van der Waals surface area contributed by atoms with Gasteiger partial charge in [0.1, 0.15) is 0 Å². The van der Waals surface area contributed by atoms with Crippen LogP contribution >= 0.6 is 0 Å². The highest BCUT2D eigenvalue weighted by Gasteiger charge is 2.24. The van der Waals surface area contributed by atoms with Gasteiger partial charge in [-0.15, -0.1) is 0 Å². The summed E-state index contributed by atoms with van der Waals surface area (Å²) in [6.07, 6.45) is 3.55. The van der Waals surface area contributed by atoms with Gasteiger partial charge in [0.2, 0.25) is 0 Å². The van der Waals surface area contributed by atoms with Crippen LogP contribution in [0.4, 0.5) is 0 Å². The maximum absolute atomic E-state index is 9.24. The van der Waals surface area contributed by atoms with Crippen molar-refractivity contribution in [1.82, 2.24) is 10.6 Å². The van der Waals surface area contributed by atoms with Gasteiger partial charge >= 0.3 is 0 Å². The van der Waals surface area contributed by atoms with E-state index in [0.29, 0.717) is 19.1 Å². The first-order valence-corrected chi connectivity index (χ1v) is 5.48. The standard InChI is InChI=1S/C10H19N3O/c1-7-3-2-4-9(7)13-10-11-5-8(14)6-12-10/h7-9,14H,2-6H2,1H3,(H2,11,12,13). The highest BCUT2D eigenvalue weighted by molar-refractivity contribution is 5.80. The zero-order valence-corrected chi connectivity index (χ0v) is 8.66. The number of aliphatic hydroxyl groups excluding tert-OH is 1. The lowest BCUT2D eigenvalue weighted by molar-refractivity contribution is 0.180. The fraction of sp³-hybridized carbons (Fsp3) is 0.900. The second-order valence-electron chi connectivity index (χ2n) is 4.38. The van der Waals surface area contributed by atoms with E-state index in [1.807, 2.05) is 0 Å². The van der Waals surface area contributed by atoms with Crippen LogP contribution in [-0.4, -0.2) is 36.3 Å². The molecule has 3 N–H and O–H groups in total. The van der Waals surface area contributed by atoms with Crippen molar-refractivity contribution >= 4 is 5.96 Å². The third-order valence-corrected chi connectivity index (χ3v) is 3.15. The molecule has 4 nitrogen and oxygen atoms in total. The molecule has 3 unspecified atom stereocenters. The molecule has 0 aromatic heterocycles. The van der Waals surface area contributed by atoms with E-state index in [2.05, 4.69) is 22.5 Å². The maximum atomic E-state index is 9.24. The molecule has 1 heterocycles. The van der Waals surface area contributed by atoms with Crippen molar-refractivity contribution in [1.29, 1.82) is 0 Å². The Bertz CT molecular complexity index is 229. The molecule has 0 radical (unpaired) electrons. The number of hydrogen-bond donors (Lipinski definition) is 3. The van der Waals surface area contributed by atoms with Gasteiger partial charge in [-0.2, -0.15) is 0 Å². The maximum Gasteiger partial charge on any atom is 0.191 e. The van der Waals surface area contributed by atoms with E-state index >= 15 is 0 Å². The van der Waals surface area contributed by atoms with Crippen molar-refractivity contribution in [3.8, 4) is 0 Å². The normalized spacial score (nSPS) is 37.6. The Morgan fingerprint density at radius 3 is 2.93 bits per heavy atom. The Morgan fingerprint density at radius 1 is 1.50 bits per heavy atom. The molecule has 0 spiro atoms. The molecular formula is C10H19N3O. The predicted molar refractivity (Wildman–Crippen MR) is 56.3 cm³/mol. The van der Waals surface area contributed by atoms with Gasteiger partial charge < -0.3 is 15.7 Å². The minimum absolute atomic E-state index is 0.318. The van der Waals surface area contributed by atoms with E-state index in [4.69, 9.17) is 0 Å². The van der Waals surface area contributed by atoms with Crippen LogP contribution in [0.5, 0.6) is 0 Å². The average Bonchev–Trinajstić information content (AvgIpc) is 2.56. The lowest BCUT2D eigenvalue weighted by Crippen LogP contribution is -2.50. The molecule has 14 heavy (non-hydrogen) atoms. The van der Waals surface area contributed by atoms with Crippen molar-refractivity contribution in [3.05, 3.63) is 0 Å². The van der Waals surface area contributed by atoms with Gasteiger partial charge in [0, 0.05) is 12.6 Å². The van der Waals surface area contributed by atoms with Gasteiger partial charge in [-0.25, -0.2) is 0 Å². The number of aliphatic imine (C=N–C) groups is 1. The highest BCUT2D eigenvalue weighted by atomic mass is 16.3. The number of hydrogen-bond acceptors (Lipinski definition) is 4. The SMILES string of the molecule is CC1CCCC1NC1=NCC(O)CN1. The van der Waals surface area contributed by atoms with E-state index in [1.54, 1.807) is 0 Å². The second-order valence-corrected chi connectivity index (χ2v) is 4.38. The van der Waals surface area contributed by atoms with E-state index in [1.165, 1.54) is 19.3 Å². The van der Waals surface area contributed by atoms with Gasteiger partial charge in [0.25, 0.3) is 0 Å². The lowest BCUT2D eigenvalue weighted by atomic mass is 10.1. The molecule has 0 aromatic carbocycles. The summed E-state index contributed by atoms with van der Waals surface area (Å²) in [5, 5.41) is 15.8. The number of aliphatic hydroxyl groups is 1. The topological polar surface area (TPSA) is 56.7 Å². The first-order chi connectivity index (χ1) is 6.75. The van der Waals surface area contributed by atoms with Crippen LogP contribution in [0.3, 0.4) is 0 Å². The molecule has 80 valence electrons. The summed E-state index contributed by atoms with van der Waals surface area (Å²) in [7, 11) is 0. The molecule has 4 heteroatoms. The summed E-state index contributed by atoms with van der Waals surface area (Å²) in [5.41, 5.74) is 0. The zero-order chi connectivity index (χ0) is 9.97. The Hall–Kier alpha value is -0.770. The van der Waals surface area contributed by atoms with E-state index in [-0.39, 0.29) is 6.10 Å². The number of nitrogens with one attached hydrogen (secondary N) is 2. The molecule has 2 aliphatic rings. The highest BCUT2D eigenvalue weighted by Crippen LogP contribution is 2.24. The van der Waals surface area contributed by atoms with Crippen molar-refractivity contribution in [2.75, 3.05) is 13.1 Å². The minimum Gasteiger partial charge on any atom is -0.389 e. The van der Waals surface area contributed by atoms with Crippen LogP contribution in [0.25, 0.3) is 0 Å². The smallest absolute Gasteiger partial charge is 0.191 e. The molecule has 3 atom stereocenters. The van der Waals surface area contributed by atoms with Gasteiger partial charge in [-0.05, 0) is 18.8 Å². The molecule has 1 aliphatic heterocycles. The second kappa shape index (κ2) is 4.17. The predicted octanol–water partition coefficient (Wildman–Crippen LogP) is 0.0847. The monoisotopic (exact) mass is 197 g/mol. The van der Waals surface area contributed by atoms with Crippen molar-refractivity contribution in [2.45, 2.75) is 38.3 Å². The largest absolute Gasteiger partial charge is 0.389 e. The van der Waals surface area contributed by atoms with Gasteiger partial charge in [0.15, 0.2) is 5.96 Å². The summed E-state index contributed by atoms with van der Waals surface area (Å²) in [4.78, 5) is 4.25. The molecule has 0 bridgehead atoms. The Morgan fingerprint density at radius 2 is 2.36 bits per heavy atom. The molecule has 1 saturated carbocycles. The molecule has 0 amide bonds. The summed E-state index contributed by atoms with van der Waals surface area (Å²) >= 11 is 0. The third-order valence-electron chi connectivity index (χ3n) is 3.15. The first-order valence-electron chi connectivity index (χ1n) is 5.48. The molecule has 0 aromatic rings. The minimum atomic E-state index is -0.318. The van der Waals surface area contributed by atoms with Crippen molar-refractivity contribution in [3.63, 3.8) is 0 Å². The third kappa shape index (κ3) is 2.18. The number of rotatable bonds is 1. The summed E-state index contributed by atoms with van der Waals surface area (Å²) in [5.74, 6) is 1.61. The average molecular weight is 197 g/mol. The van der Waals surface area contributed by atoms with Gasteiger partial charge in [0.05, 0.1) is 12.6 Å². The number of β-amino-alcohol motifs (C(OH)–C–C–N with tert-alkyl or cyclic N) is 1. The van der Waals surface area contributed by atoms with Gasteiger partial charge in [-0.1, -0.05) is 13.3 Å². The van der Waals surface area contributed by atoms with E-state index in [0.717, 1.165) is 11.9 Å². The number of nitrogens with zero attached hydrogens (tertiary/aromatic N) is 1. The Kier molecular flexibility index (Phi) is 2.91. The summed E-state index contributed by atoms with van der Waals surface area (Å²) in [6.45, 7) is 3.42. The Balaban J connectivity index is 1.85. The fourth-order valence-corrected chi connectivity index (χ4v) is 2.16. The lowest BCUT2D eigenvalue weighted by Gasteiger charge is -2.24. The van der Waals surface area contributed by atoms with Crippen LogP contribution < -0.4 is 10.6 Å². The molecule has 2 rings (SSSR count). The zero-order valence-electron chi connectivity index (χ0n) is 8.66. The molecule has 1 fully saturated rings. The van der Waals surface area contributed by atoms with E-state index < -0.39 is 0 Å². The van der Waals surface area contributed by atoms with Crippen LogP contribution in [0, 0.1) is 5.92 Å². The molecular weight excluding hydrogens is 178 g/mol. The first kappa shape index (κ1) is 9.77. The Labute approximate surface area is 84.8 Å². The fourth-order valence-electron chi connectivity index (χ4n) is 2.16. The van der Waals surface area contributed by atoms with Crippen molar-refractivity contribution in [2.24, 2.45) is 10.9 Å². The molecule has 1 aliphatic carbocycles. The summed E-state index contributed by atoms with van der Waals surface area (Å²) in [6, 6.07) is 0.566.